The first-order valence-electron chi connectivity index (χ1n) is 12.3. The number of rotatable bonds is 12. The molecule has 2 atom stereocenters. The van der Waals surface area contributed by atoms with Crippen molar-refractivity contribution in [3.05, 3.63) is 11.8 Å². The lowest BCUT2D eigenvalue weighted by Crippen LogP contribution is -2.39. The highest BCUT2D eigenvalue weighted by molar-refractivity contribution is 5.98. The first kappa shape index (κ1) is 29.6. The quantitative estimate of drug-likeness (QED) is 0.267. The zero-order valence-electron chi connectivity index (χ0n) is 20.9. The van der Waals surface area contributed by atoms with Gasteiger partial charge in [-0.1, -0.05) is 0 Å². The van der Waals surface area contributed by atoms with Crippen LogP contribution in [0.4, 0.5) is 29.3 Å². The number of hydrogen-bond donors (Lipinski definition) is 3. The van der Waals surface area contributed by atoms with Gasteiger partial charge in [-0.05, 0) is 44.9 Å². The van der Waals surface area contributed by atoms with Crippen molar-refractivity contribution >= 4 is 29.8 Å². The molecule has 2 heterocycles. The Kier molecular flexibility index (Phi) is 11.2. The molecule has 1 aliphatic carbocycles. The van der Waals surface area contributed by atoms with Gasteiger partial charge in [0, 0.05) is 37.6 Å². The topological polar surface area (TPSA) is 138 Å². The third-order valence-corrected chi connectivity index (χ3v) is 6.22. The lowest BCUT2D eigenvalue weighted by Gasteiger charge is -2.22. The second-order valence-corrected chi connectivity index (χ2v) is 9.29. The highest BCUT2D eigenvalue weighted by Crippen LogP contribution is 2.25. The summed E-state index contributed by atoms with van der Waals surface area (Å²) in [5.41, 5.74) is 0.0601. The summed E-state index contributed by atoms with van der Waals surface area (Å²) < 4.78 is 57.4. The molecule has 0 radical (unpaired) electrons. The van der Waals surface area contributed by atoms with Crippen LogP contribution in [0.25, 0.3) is 0 Å². The number of alkyl halides is 4. The minimum atomic E-state index is -3.05. The normalized spacial score (nSPS) is 22.8. The van der Waals surface area contributed by atoms with E-state index in [-0.39, 0.29) is 49.0 Å². The van der Waals surface area contributed by atoms with Crippen molar-refractivity contribution in [1.29, 1.82) is 0 Å². The maximum Gasteiger partial charge on any atom is 0.345 e. The van der Waals surface area contributed by atoms with Crippen LogP contribution in [0.5, 0.6) is 0 Å². The summed E-state index contributed by atoms with van der Waals surface area (Å²) in [4.78, 5) is 39.2. The Morgan fingerprint density at radius 1 is 1.18 bits per heavy atom. The number of nitrogens with zero attached hydrogens (tertiary/aromatic N) is 4. The predicted molar refractivity (Wildman–Crippen MR) is 128 cm³/mol. The van der Waals surface area contributed by atoms with Gasteiger partial charge in [0.1, 0.15) is 12.2 Å². The summed E-state index contributed by atoms with van der Waals surface area (Å²) in [7, 11) is 0. The zero-order chi connectivity index (χ0) is 27.7. The van der Waals surface area contributed by atoms with Gasteiger partial charge in [-0.15, -0.1) is 0 Å². The standard InChI is InChI=1S/C23H32F4N6O5/c1-13(11-37-21(24)25)30-23-29-9-17(19(32-23)28-8-14-2-4-16(34)5-3-14)20(36)31-15-6-7-33(10-15)18(35)12-38-22(26)27/h8-9,13-16,21-22,34H,2-7,10-12H2,1H3,(H,31,36)(H,29,30,32)/t13-,14?,15-,16?/m0/s1. The molecule has 212 valence electrons. The minimum Gasteiger partial charge on any atom is -0.393 e. The fraction of sp³-hybridized carbons (Fsp3) is 0.696. The van der Waals surface area contributed by atoms with Gasteiger partial charge in [-0.3, -0.25) is 9.59 Å². The summed E-state index contributed by atoms with van der Waals surface area (Å²) in [6.45, 7) is -5.02. The second-order valence-electron chi connectivity index (χ2n) is 9.29. The molecule has 15 heteroatoms. The van der Waals surface area contributed by atoms with E-state index in [1.807, 2.05) is 0 Å². The van der Waals surface area contributed by atoms with Gasteiger partial charge in [-0.2, -0.15) is 22.5 Å². The Hall–Kier alpha value is -2.91. The number of hydrogen-bond acceptors (Lipinski definition) is 9. The van der Waals surface area contributed by atoms with Crippen molar-refractivity contribution in [3.8, 4) is 0 Å². The van der Waals surface area contributed by atoms with E-state index < -0.39 is 43.7 Å². The van der Waals surface area contributed by atoms with E-state index in [4.69, 9.17) is 0 Å². The first-order chi connectivity index (χ1) is 18.1. The molecule has 1 saturated carbocycles. The zero-order valence-corrected chi connectivity index (χ0v) is 20.9. The largest absolute Gasteiger partial charge is 0.393 e. The smallest absolute Gasteiger partial charge is 0.345 e. The molecule has 0 aromatic carbocycles. The fourth-order valence-corrected chi connectivity index (χ4v) is 4.20. The molecule has 0 bridgehead atoms. The van der Waals surface area contributed by atoms with Crippen LogP contribution >= 0.6 is 0 Å². The first-order valence-corrected chi connectivity index (χ1v) is 12.3. The molecular formula is C23H32F4N6O5. The Morgan fingerprint density at radius 3 is 2.58 bits per heavy atom. The molecule has 11 nitrogen and oxygen atoms in total. The molecule has 1 aromatic heterocycles. The number of carbonyl (C=O) groups excluding carboxylic acids is 2. The molecular weight excluding hydrogens is 516 g/mol. The lowest BCUT2D eigenvalue weighted by molar-refractivity contribution is -0.158. The van der Waals surface area contributed by atoms with Crippen LogP contribution in [0.3, 0.4) is 0 Å². The lowest BCUT2D eigenvalue weighted by atomic mass is 9.88. The number of likely N-dealkylation sites (tertiary alicyclic amines) is 1. The summed E-state index contributed by atoms with van der Waals surface area (Å²) >= 11 is 0. The van der Waals surface area contributed by atoms with Crippen LogP contribution in [0.15, 0.2) is 11.2 Å². The molecule has 0 unspecified atom stereocenters. The van der Waals surface area contributed by atoms with E-state index in [9.17, 15) is 32.3 Å². The van der Waals surface area contributed by atoms with Crippen LogP contribution in [-0.2, 0) is 14.3 Å². The average molecular weight is 549 g/mol. The number of nitrogens with one attached hydrogen (secondary N) is 2. The molecule has 2 aliphatic rings. The fourth-order valence-electron chi connectivity index (χ4n) is 4.20. The van der Waals surface area contributed by atoms with Gasteiger partial charge in [0.15, 0.2) is 5.82 Å². The Balaban J connectivity index is 1.68. The highest BCUT2D eigenvalue weighted by atomic mass is 19.3. The second kappa shape index (κ2) is 14.3. The van der Waals surface area contributed by atoms with E-state index in [0.29, 0.717) is 19.3 Å². The SMILES string of the molecule is C[C@@H](COC(F)F)Nc1ncc(C(=O)N[C@H]2CCN(C(=O)COC(F)F)C2)c(N=CC2CCC(O)CC2)n1. The summed E-state index contributed by atoms with van der Waals surface area (Å²) in [5.74, 6) is -0.934. The number of amides is 2. The highest BCUT2D eigenvalue weighted by Gasteiger charge is 2.29. The molecule has 2 amide bonds. The number of halogens is 4. The van der Waals surface area contributed by atoms with Gasteiger partial charge in [0.2, 0.25) is 11.9 Å². The number of aliphatic imine (C=N–C) groups is 1. The van der Waals surface area contributed by atoms with Gasteiger partial charge >= 0.3 is 13.2 Å². The maximum atomic E-state index is 13.1. The van der Waals surface area contributed by atoms with Crippen LogP contribution in [0.2, 0.25) is 0 Å². The van der Waals surface area contributed by atoms with E-state index in [1.165, 1.54) is 11.1 Å². The third kappa shape index (κ3) is 9.44. The number of carbonyl (C=O) groups is 2. The Bertz CT molecular complexity index is 964. The van der Waals surface area contributed by atoms with Gasteiger partial charge in [-0.25, -0.2) is 9.98 Å². The molecule has 38 heavy (non-hydrogen) atoms. The number of ether oxygens (including phenoxy) is 2. The number of aliphatic hydroxyl groups is 1. The summed E-state index contributed by atoms with van der Waals surface area (Å²) in [6.07, 6.45) is 5.75. The monoisotopic (exact) mass is 548 g/mol. The van der Waals surface area contributed by atoms with Crippen molar-refractivity contribution in [2.24, 2.45) is 10.9 Å². The van der Waals surface area contributed by atoms with E-state index >= 15 is 0 Å². The molecule has 2 fully saturated rings. The van der Waals surface area contributed by atoms with E-state index in [1.54, 1.807) is 13.1 Å². The predicted octanol–water partition coefficient (Wildman–Crippen LogP) is 2.34. The number of aromatic nitrogens is 2. The summed E-state index contributed by atoms with van der Waals surface area (Å²) in [5, 5.41) is 15.3. The molecule has 1 aliphatic heterocycles. The summed E-state index contributed by atoms with van der Waals surface area (Å²) in [6, 6.07) is -0.990. The molecule has 1 saturated heterocycles. The number of anilines is 1. The Labute approximate surface area is 217 Å². The minimum absolute atomic E-state index is 0.0596. The van der Waals surface area contributed by atoms with E-state index in [2.05, 4.69) is 35.1 Å². The van der Waals surface area contributed by atoms with Crippen molar-refractivity contribution < 1.29 is 41.7 Å². The van der Waals surface area contributed by atoms with Crippen LogP contribution in [0, 0.1) is 5.92 Å². The molecule has 1 aromatic rings. The third-order valence-electron chi connectivity index (χ3n) is 6.22. The van der Waals surface area contributed by atoms with Gasteiger partial charge in [0.05, 0.1) is 12.7 Å². The molecule has 3 rings (SSSR count). The van der Waals surface area contributed by atoms with Crippen molar-refractivity contribution in [2.75, 3.05) is 31.6 Å². The van der Waals surface area contributed by atoms with E-state index in [0.717, 1.165) is 12.8 Å². The van der Waals surface area contributed by atoms with Crippen molar-refractivity contribution in [1.82, 2.24) is 20.2 Å². The van der Waals surface area contributed by atoms with Crippen LogP contribution in [-0.4, -0.2) is 95.7 Å². The molecule has 3 N–H and O–H groups in total. The van der Waals surface area contributed by atoms with Crippen LogP contribution in [0.1, 0.15) is 49.4 Å². The Morgan fingerprint density at radius 2 is 1.89 bits per heavy atom. The number of aliphatic hydroxyl groups excluding tert-OH is 1. The van der Waals surface area contributed by atoms with Gasteiger partial charge in [0.25, 0.3) is 5.91 Å². The van der Waals surface area contributed by atoms with Crippen molar-refractivity contribution in [2.45, 2.75) is 70.4 Å². The van der Waals surface area contributed by atoms with Gasteiger partial charge < -0.3 is 30.1 Å². The maximum absolute atomic E-state index is 13.1. The average Bonchev–Trinajstić information content (AvgIpc) is 3.34. The van der Waals surface area contributed by atoms with Crippen LogP contribution < -0.4 is 10.6 Å². The van der Waals surface area contributed by atoms with Crippen molar-refractivity contribution in [3.63, 3.8) is 0 Å². The molecule has 0 spiro atoms.